The summed E-state index contributed by atoms with van der Waals surface area (Å²) in [4.78, 5) is 20.4. The summed E-state index contributed by atoms with van der Waals surface area (Å²) < 4.78 is 0. The molecule has 68 valence electrons. The van der Waals surface area contributed by atoms with E-state index in [1.54, 1.807) is 0 Å². The first-order valence-electron chi connectivity index (χ1n) is 3.17. The van der Waals surface area contributed by atoms with Crippen LogP contribution in [0, 0.1) is 10.1 Å². The Balaban J connectivity index is 0.000000845. The molecular weight excluding hydrogens is 198 g/mol. The maximum Gasteiger partial charge on any atom is 0.312 e. The zero-order valence-electron chi connectivity index (χ0n) is 6.18. The number of aromatic hydroxyl groups is 1. The van der Waals surface area contributed by atoms with Gasteiger partial charge in [-0.05, 0) is 6.07 Å². The Labute approximate surface area is 78.6 Å². The number of hydrogen-bond acceptors (Lipinski definition) is 4. The summed E-state index contributed by atoms with van der Waals surface area (Å²) in [5.74, 6) is -0.849. The minimum atomic E-state index is -0.714. The number of fused-ring (bicyclic) bond motifs is 2. The molecule has 2 aliphatic carbocycles. The summed E-state index contributed by atoms with van der Waals surface area (Å²) in [6, 6.07) is 2.50. The fourth-order valence-corrected chi connectivity index (χ4v) is 1.14. The average molecular weight is 202 g/mol. The van der Waals surface area contributed by atoms with E-state index < -0.39 is 16.4 Å². The third-order valence-corrected chi connectivity index (χ3v) is 1.79. The van der Waals surface area contributed by atoms with Gasteiger partial charge in [-0.1, -0.05) is 0 Å². The smallest absolute Gasteiger partial charge is 0.312 e. The van der Waals surface area contributed by atoms with Crippen LogP contribution in [-0.4, -0.2) is 15.8 Å². The van der Waals surface area contributed by atoms with Crippen LogP contribution in [0.4, 0.5) is 5.69 Å². The number of carbonyl (C=O) groups excluding carboxylic acids is 1. The van der Waals surface area contributed by atoms with Gasteiger partial charge in [-0.15, -0.1) is 12.4 Å². The van der Waals surface area contributed by atoms with Crippen LogP contribution in [0.2, 0.25) is 0 Å². The number of nitrogens with zero attached hydrogens (tertiary/aromatic N) is 1. The van der Waals surface area contributed by atoms with E-state index in [4.69, 9.17) is 5.11 Å². The molecule has 0 aromatic heterocycles. The van der Waals surface area contributed by atoms with E-state index in [1.165, 1.54) is 6.07 Å². The number of benzene rings is 1. The van der Waals surface area contributed by atoms with Gasteiger partial charge in [0.2, 0.25) is 5.75 Å². The summed E-state index contributed by atoms with van der Waals surface area (Å²) >= 11 is 0. The van der Waals surface area contributed by atoms with Crippen molar-refractivity contribution in [3.8, 4) is 5.75 Å². The Hall–Kier alpha value is -1.62. The van der Waals surface area contributed by atoms with Gasteiger partial charge in [0.05, 0.1) is 10.5 Å². The van der Waals surface area contributed by atoms with Crippen molar-refractivity contribution in [2.75, 3.05) is 0 Å². The second-order valence-corrected chi connectivity index (χ2v) is 2.48. The average Bonchev–Trinajstić information content (AvgIpc) is 2.02. The van der Waals surface area contributed by atoms with E-state index in [-0.39, 0.29) is 29.3 Å². The molecule has 0 amide bonds. The molecule has 13 heavy (non-hydrogen) atoms. The van der Waals surface area contributed by atoms with Crippen LogP contribution in [0.1, 0.15) is 15.9 Å². The fourth-order valence-electron chi connectivity index (χ4n) is 1.14. The first kappa shape index (κ1) is 9.47. The molecule has 0 atom stereocenters. The number of hydrogen-bond donors (Lipinski definition) is 1. The molecule has 1 N–H and O–H groups in total. The van der Waals surface area contributed by atoms with E-state index in [0.29, 0.717) is 0 Å². The zero-order valence-corrected chi connectivity index (χ0v) is 7.00. The molecule has 0 radical (unpaired) electrons. The lowest BCUT2D eigenvalue weighted by molar-refractivity contribution is -0.386. The molecule has 0 saturated carbocycles. The van der Waals surface area contributed by atoms with Gasteiger partial charge in [0, 0.05) is 11.6 Å². The number of nitro groups is 1. The van der Waals surface area contributed by atoms with E-state index in [2.05, 4.69) is 0 Å². The van der Waals surface area contributed by atoms with Crippen LogP contribution in [0.25, 0.3) is 0 Å². The van der Waals surface area contributed by atoms with Crippen molar-refractivity contribution in [2.24, 2.45) is 0 Å². The lowest BCUT2D eigenvalue weighted by Gasteiger charge is -2.13. The lowest BCUT2D eigenvalue weighted by Crippen LogP contribution is -2.13. The number of halogens is 1. The Kier molecular flexibility index (Phi) is 1.97. The van der Waals surface area contributed by atoms with Gasteiger partial charge in [-0.25, -0.2) is 0 Å². The van der Waals surface area contributed by atoms with Gasteiger partial charge in [0.15, 0.2) is 5.78 Å². The monoisotopic (exact) mass is 201 g/mol. The first-order chi connectivity index (χ1) is 5.61. The van der Waals surface area contributed by atoms with Gasteiger partial charge in [-0.2, -0.15) is 0 Å². The Morgan fingerprint density at radius 3 is 2.38 bits per heavy atom. The number of nitro benzene ring substituents is 1. The van der Waals surface area contributed by atoms with E-state index in [9.17, 15) is 14.9 Å². The zero-order chi connectivity index (χ0) is 8.88. The van der Waals surface area contributed by atoms with Gasteiger partial charge in [0.25, 0.3) is 0 Å². The van der Waals surface area contributed by atoms with Gasteiger partial charge >= 0.3 is 5.69 Å². The van der Waals surface area contributed by atoms with E-state index in [0.717, 1.165) is 6.07 Å². The molecule has 0 spiro atoms. The number of ketones is 1. The molecule has 0 heterocycles. The molecule has 0 unspecified atom stereocenters. The van der Waals surface area contributed by atoms with Crippen LogP contribution in [-0.2, 0) is 0 Å². The van der Waals surface area contributed by atoms with Crippen LogP contribution in [0.5, 0.6) is 5.75 Å². The SMILES string of the molecule is Cl.O=C1c2cc1c(O)c([N+](=O)[O-])c2. The highest BCUT2D eigenvalue weighted by Gasteiger charge is 2.32. The van der Waals surface area contributed by atoms with Gasteiger partial charge < -0.3 is 5.11 Å². The second kappa shape index (κ2) is 2.70. The summed E-state index contributed by atoms with van der Waals surface area (Å²) in [6.07, 6.45) is 0. The molecule has 6 heteroatoms. The Bertz CT molecular complexity index is 415. The van der Waals surface area contributed by atoms with Crippen molar-refractivity contribution in [3.63, 3.8) is 0 Å². The second-order valence-electron chi connectivity index (χ2n) is 2.48. The summed E-state index contributed by atoms with van der Waals surface area (Å²) in [5, 5.41) is 19.4. The molecular formula is C7H4ClNO4. The van der Waals surface area contributed by atoms with Crippen LogP contribution in [0.3, 0.4) is 0 Å². The maximum atomic E-state index is 10.9. The summed E-state index contributed by atoms with van der Waals surface area (Å²) in [6.45, 7) is 0. The predicted octanol–water partition coefficient (Wildman–Crippen LogP) is 1.27. The third-order valence-electron chi connectivity index (χ3n) is 1.79. The van der Waals surface area contributed by atoms with Gasteiger partial charge in [-0.3, -0.25) is 14.9 Å². The summed E-state index contributed by atoms with van der Waals surface area (Å²) in [5.41, 5.74) is -0.0733. The molecule has 1 aromatic rings. The van der Waals surface area contributed by atoms with Crippen molar-refractivity contribution < 1.29 is 14.8 Å². The Morgan fingerprint density at radius 1 is 1.38 bits per heavy atom. The Morgan fingerprint density at radius 2 is 2.00 bits per heavy atom. The molecule has 1 aromatic carbocycles. The van der Waals surface area contributed by atoms with Gasteiger partial charge in [0.1, 0.15) is 0 Å². The maximum absolute atomic E-state index is 10.9. The highest BCUT2D eigenvalue weighted by molar-refractivity contribution is 6.19. The quantitative estimate of drug-likeness (QED) is 0.557. The minimum Gasteiger partial charge on any atom is -0.502 e. The van der Waals surface area contributed by atoms with Crippen LogP contribution < -0.4 is 0 Å². The molecule has 5 nitrogen and oxygen atoms in total. The fraction of sp³-hybridized carbons (Fsp3) is 0. The topological polar surface area (TPSA) is 80.4 Å². The van der Waals surface area contributed by atoms with E-state index >= 15 is 0 Å². The van der Waals surface area contributed by atoms with Crippen molar-refractivity contribution in [1.82, 2.24) is 0 Å². The third kappa shape index (κ3) is 1.05. The highest BCUT2D eigenvalue weighted by Crippen LogP contribution is 2.38. The number of phenolic OH excluding ortho intramolecular Hbond substituents is 1. The molecule has 2 aliphatic rings. The first-order valence-corrected chi connectivity index (χ1v) is 3.17. The largest absolute Gasteiger partial charge is 0.502 e. The molecule has 0 fully saturated rings. The highest BCUT2D eigenvalue weighted by atomic mass is 35.5. The molecule has 0 saturated heterocycles. The normalized spacial score (nSPS) is 11.5. The van der Waals surface area contributed by atoms with Crippen molar-refractivity contribution in [1.29, 1.82) is 0 Å². The number of carbonyl (C=O) groups is 1. The van der Waals surface area contributed by atoms with Crippen LogP contribution in [0.15, 0.2) is 12.1 Å². The van der Waals surface area contributed by atoms with Crippen molar-refractivity contribution in [2.45, 2.75) is 0 Å². The lowest BCUT2D eigenvalue weighted by atomic mass is 9.89. The van der Waals surface area contributed by atoms with Crippen molar-refractivity contribution >= 4 is 23.9 Å². The van der Waals surface area contributed by atoms with Crippen LogP contribution >= 0.6 is 12.4 Å². The molecule has 3 rings (SSSR count). The standard InChI is InChI=1S/C7H3NO4.ClH/c9-6-3-1-4(6)7(10)5(2-3)8(11)12;/h1-2,10H;1H. The van der Waals surface area contributed by atoms with E-state index in [1.807, 2.05) is 0 Å². The minimum absolute atomic E-state index is 0. The molecule has 0 aliphatic heterocycles. The predicted molar refractivity (Wildman–Crippen MR) is 45.4 cm³/mol. The number of phenols is 1. The molecule has 2 bridgehead atoms. The summed E-state index contributed by atoms with van der Waals surface area (Å²) in [7, 11) is 0. The number of rotatable bonds is 1. The van der Waals surface area contributed by atoms with Crippen molar-refractivity contribution in [3.05, 3.63) is 33.4 Å².